The zero-order chi connectivity index (χ0) is 18.5. The Kier molecular flexibility index (Phi) is 5.52. The first kappa shape index (κ1) is 17.9. The monoisotopic (exact) mass is 371 g/mol. The quantitative estimate of drug-likeness (QED) is 0.676. The average Bonchev–Trinajstić information content (AvgIpc) is 3.03. The number of nitrogens with zero attached hydrogens (tertiary/aromatic N) is 3. The molecule has 2 aromatic heterocycles. The van der Waals surface area contributed by atoms with E-state index in [1.165, 1.54) is 23.6 Å². The van der Waals surface area contributed by atoms with Crippen LogP contribution in [0.2, 0.25) is 0 Å². The second kappa shape index (κ2) is 8.01. The van der Waals surface area contributed by atoms with Crippen LogP contribution in [-0.2, 0) is 6.42 Å². The van der Waals surface area contributed by atoms with Crippen molar-refractivity contribution in [2.75, 3.05) is 10.6 Å². The number of benzene rings is 1. The Morgan fingerprint density at radius 1 is 1.19 bits per heavy atom. The molecule has 26 heavy (non-hydrogen) atoms. The van der Waals surface area contributed by atoms with Gasteiger partial charge in [-0.1, -0.05) is 37.3 Å². The maximum Gasteiger partial charge on any atom is 0.261 e. The number of carbonyl (C=O) groups is 1. The molecule has 0 spiro atoms. The van der Waals surface area contributed by atoms with Crippen molar-refractivity contribution in [3.05, 3.63) is 59.0 Å². The summed E-state index contributed by atoms with van der Waals surface area (Å²) in [4.78, 5) is 16.7. The number of para-hydroxylation sites is 1. The lowest BCUT2D eigenvalue weighted by atomic mass is 10.1. The van der Waals surface area contributed by atoms with Crippen LogP contribution in [0.3, 0.4) is 0 Å². The number of anilines is 3. The largest absolute Gasteiger partial charge is 0.337 e. The number of halogens is 1. The van der Waals surface area contributed by atoms with Crippen molar-refractivity contribution < 1.29 is 9.18 Å². The van der Waals surface area contributed by atoms with Gasteiger partial charge in [0.25, 0.3) is 5.91 Å². The molecule has 2 N–H and O–H groups in total. The molecule has 0 saturated carbocycles. The van der Waals surface area contributed by atoms with E-state index < -0.39 is 5.82 Å². The Labute approximate surface area is 154 Å². The summed E-state index contributed by atoms with van der Waals surface area (Å²) in [6.45, 7) is 4.19. The first-order valence-corrected chi connectivity index (χ1v) is 8.95. The van der Waals surface area contributed by atoms with Crippen LogP contribution in [0.4, 0.5) is 21.0 Å². The summed E-state index contributed by atoms with van der Waals surface area (Å²) in [7, 11) is 0. The molecular formula is C18H18FN5OS. The lowest BCUT2D eigenvalue weighted by Crippen LogP contribution is -2.14. The summed E-state index contributed by atoms with van der Waals surface area (Å²) < 4.78 is 13.9. The van der Waals surface area contributed by atoms with Crippen molar-refractivity contribution in [1.82, 2.24) is 15.2 Å². The maximum absolute atomic E-state index is 13.9. The Morgan fingerprint density at radius 3 is 2.77 bits per heavy atom. The molecule has 3 aromatic rings. The molecule has 8 heteroatoms. The number of aromatic nitrogens is 3. The van der Waals surface area contributed by atoms with Crippen LogP contribution in [0.5, 0.6) is 0 Å². The number of hydrogen-bond donors (Lipinski definition) is 2. The molecule has 2 heterocycles. The van der Waals surface area contributed by atoms with E-state index in [4.69, 9.17) is 0 Å². The van der Waals surface area contributed by atoms with Crippen LogP contribution >= 0.6 is 11.3 Å². The van der Waals surface area contributed by atoms with Gasteiger partial charge in [-0.2, -0.15) is 0 Å². The van der Waals surface area contributed by atoms with Gasteiger partial charge in [-0.05, 0) is 30.2 Å². The van der Waals surface area contributed by atoms with Gasteiger partial charge in [-0.25, -0.2) is 9.37 Å². The van der Waals surface area contributed by atoms with E-state index in [-0.39, 0.29) is 23.0 Å². The predicted molar refractivity (Wildman–Crippen MR) is 100 cm³/mol. The number of hydrogen-bond acceptors (Lipinski definition) is 6. The molecule has 0 aliphatic carbocycles. The van der Waals surface area contributed by atoms with Gasteiger partial charge in [-0.15, -0.1) is 10.2 Å². The summed E-state index contributed by atoms with van der Waals surface area (Å²) in [6, 6.07) is 9.47. The third-order valence-electron chi connectivity index (χ3n) is 3.45. The van der Waals surface area contributed by atoms with Crippen molar-refractivity contribution in [3.63, 3.8) is 0 Å². The lowest BCUT2D eigenvalue weighted by Gasteiger charge is -2.10. The average molecular weight is 371 g/mol. The molecule has 1 amide bonds. The van der Waals surface area contributed by atoms with Crippen LogP contribution in [0, 0.1) is 11.7 Å². The number of pyridine rings is 1. The van der Waals surface area contributed by atoms with E-state index in [1.807, 2.05) is 0 Å². The number of carbonyl (C=O) groups excluding carboxylic acids is 1. The number of nitrogens with one attached hydrogen (secondary N) is 2. The van der Waals surface area contributed by atoms with E-state index in [2.05, 4.69) is 39.7 Å². The van der Waals surface area contributed by atoms with Gasteiger partial charge >= 0.3 is 0 Å². The molecule has 0 saturated heterocycles. The normalized spacial score (nSPS) is 10.8. The van der Waals surface area contributed by atoms with Crippen molar-refractivity contribution in [2.24, 2.45) is 5.92 Å². The minimum Gasteiger partial charge on any atom is -0.337 e. The zero-order valence-electron chi connectivity index (χ0n) is 14.4. The fourth-order valence-electron chi connectivity index (χ4n) is 2.28. The number of rotatable bonds is 6. The molecule has 0 atom stereocenters. The standard InChI is InChI=1S/C18H18FN5OS/c1-11(2)10-15-23-24-18(26-15)22-17(25)12-6-5-9-20-16(12)21-14-8-4-3-7-13(14)19/h3-9,11H,10H2,1-2H3,(H,20,21)(H,22,24,25). The minimum atomic E-state index is -0.424. The Morgan fingerprint density at radius 2 is 2.00 bits per heavy atom. The summed E-state index contributed by atoms with van der Waals surface area (Å²) in [6.07, 6.45) is 2.34. The maximum atomic E-state index is 13.9. The summed E-state index contributed by atoms with van der Waals surface area (Å²) in [5.41, 5.74) is 0.534. The molecule has 0 aliphatic heterocycles. The van der Waals surface area contributed by atoms with Gasteiger partial charge < -0.3 is 5.32 Å². The topological polar surface area (TPSA) is 79.8 Å². The summed E-state index contributed by atoms with van der Waals surface area (Å²) in [5, 5.41) is 14.9. The van der Waals surface area contributed by atoms with Gasteiger partial charge in [0, 0.05) is 12.6 Å². The van der Waals surface area contributed by atoms with E-state index in [0.717, 1.165) is 11.4 Å². The fourth-order valence-corrected chi connectivity index (χ4v) is 3.23. The van der Waals surface area contributed by atoms with Gasteiger partial charge in [0.15, 0.2) is 0 Å². The first-order valence-electron chi connectivity index (χ1n) is 8.13. The highest BCUT2D eigenvalue weighted by molar-refractivity contribution is 7.15. The predicted octanol–water partition coefficient (Wildman–Crippen LogP) is 4.27. The molecular weight excluding hydrogens is 353 g/mol. The lowest BCUT2D eigenvalue weighted by molar-refractivity contribution is 0.102. The molecule has 6 nitrogen and oxygen atoms in total. The third-order valence-corrected chi connectivity index (χ3v) is 4.31. The SMILES string of the molecule is CC(C)Cc1nnc(NC(=O)c2cccnc2Nc2ccccc2F)s1. The highest BCUT2D eigenvalue weighted by Crippen LogP contribution is 2.23. The smallest absolute Gasteiger partial charge is 0.261 e. The van der Waals surface area contributed by atoms with Crippen LogP contribution < -0.4 is 10.6 Å². The molecule has 0 aliphatic rings. The highest BCUT2D eigenvalue weighted by atomic mass is 32.1. The Hall–Kier alpha value is -2.87. The van der Waals surface area contributed by atoms with Gasteiger partial charge in [0.05, 0.1) is 11.3 Å². The molecule has 134 valence electrons. The molecule has 0 fully saturated rings. The van der Waals surface area contributed by atoms with E-state index in [1.54, 1.807) is 30.3 Å². The molecule has 0 radical (unpaired) electrons. The molecule has 0 unspecified atom stereocenters. The van der Waals surface area contributed by atoms with Crippen molar-refractivity contribution in [2.45, 2.75) is 20.3 Å². The van der Waals surface area contributed by atoms with Crippen molar-refractivity contribution in [1.29, 1.82) is 0 Å². The zero-order valence-corrected chi connectivity index (χ0v) is 15.2. The van der Waals surface area contributed by atoms with Crippen molar-refractivity contribution >= 4 is 33.9 Å². The number of amides is 1. The minimum absolute atomic E-state index is 0.246. The second-order valence-electron chi connectivity index (χ2n) is 6.06. The fraction of sp³-hybridized carbons (Fsp3) is 0.222. The molecule has 1 aromatic carbocycles. The summed E-state index contributed by atoms with van der Waals surface area (Å²) in [5.74, 6) is -0.0837. The van der Waals surface area contributed by atoms with Crippen LogP contribution in [0.15, 0.2) is 42.6 Å². The second-order valence-corrected chi connectivity index (χ2v) is 7.12. The molecule has 3 rings (SSSR count). The summed E-state index contributed by atoms with van der Waals surface area (Å²) >= 11 is 1.34. The van der Waals surface area contributed by atoms with Crippen LogP contribution in [0.25, 0.3) is 0 Å². The highest BCUT2D eigenvalue weighted by Gasteiger charge is 2.16. The third kappa shape index (κ3) is 4.40. The van der Waals surface area contributed by atoms with E-state index >= 15 is 0 Å². The van der Waals surface area contributed by atoms with Crippen molar-refractivity contribution in [3.8, 4) is 0 Å². The first-order chi connectivity index (χ1) is 12.5. The van der Waals surface area contributed by atoms with E-state index in [0.29, 0.717) is 11.0 Å². The Balaban J connectivity index is 1.77. The van der Waals surface area contributed by atoms with Gasteiger partial charge in [-0.3, -0.25) is 10.1 Å². The van der Waals surface area contributed by atoms with E-state index in [9.17, 15) is 9.18 Å². The molecule has 0 bridgehead atoms. The van der Waals surface area contributed by atoms with Gasteiger partial charge in [0.2, 0.25) is 5.13 Å². The van der Waals surface area contributed by atoms with Crippen LogP contribution in [0.1, 0.15) is 29.2 Å². The van der Waals surface area contributed by atoms with Gasteiger partial charge in [0.1, 0.15) is 16.6 Å². The van der Waals surface area contributed by atoms with Crippen LogP contribution in [-0.4, -0.2) is 21.1 Å². The Bertz CT molecular complexity index is 912.